The first-order valence-corrected chi connectivity index (χ1v) is 6.64. The Balaban J connectivity index is 2.10. The lowest BCUT2D eigenvalue weighted by atomic mass is 9.91. The number of hydrogen-bond donors (Lipinski definition) is 1. The lowest BCUT2D eigenvalue weighted by molar-refractivity contribution is 0.569. The van der Waals surface area contributed by atoms with Crippen LogP contribution in [0.1, 0.15) is 24.4 Å². The molecule has 0 aromatic carbocycles. The maximum atomic E-state index is 8.98. The number of rotatable bonds is 4. The number of aromatic nitrogens is 1. The molecule has 0 spiro atoms. The molecule has 3 nitrogen and oxygen atoms in total. The molecule has 0 radical (unpaired) electrons. The maximum absolute atomic E-state index is 8.98. The molecule has 2 aromatic rings. The summed E-state index contributed by atoms with van der Waals surface area (Å²) in [6, 6.07) is 10.0. The van der Waals surface area contributed by atoms with Gasteiger partial charge in [-0.25, -0.2) is 4.98 Å². The Hall–Kier alpha value is -1.86. The van der Waals surface area contributed by atoms with E-state index in [0.29, 0.717) is 5.69 Å². The molecule has 0 atom stereocenters. The minimum absolute atomic E-state index is 0.0384. The van der Waals surface area contributed by atoms with Gasteiger partial charge in [0.1, 0.15) is 6.07 Å². The standard InChI is InChI=1S/C14H15N3S/c1-14(2,13-6-4-8-18-13)10-17-11-5-3-7-16-12(11)9-15/h3-8,17H,10H2,1-2H3. The van der Waals surface area contributed by atoms with Crippen molar-refractivity contribution in [2.75, 3.05) is 11.9 Å². The van der Waals surface area contributed by atoms with Crippen molar-refractivity contribution in [2.24, 2.45) is 0 Å². The summed E-state index contributed by atoms with van der Waals surface area (Å²) in [7, 11) is 0. The van der Waals surface area contributed by atoms with E-state index in [1.165, 1.54) is 4.88 Å². The Labute approximate surface area is 111 Å². The summed E-state index contributed by atoms with van der Waals surface area (Å²) in [6.07, 6.45) is 1.63. The van der Waals surface area contributed by atoms with Gasteiger partial charge in [-0.05, 0) is 23.6 Å². The van der Waals surface area contributed by atoms with Crippen molar-refractivity contribution in [2.45, 2.75) is 19.3 Å². The van der Waals surface area contributed by atoms with Gasteiger partial charge in [-0.3, -0.25) is 0 Å². The van der Waals surface area contributed by atoms with Crippen molar-refractivity contribution in [3.8, 4) is 6.07 Å². The van der Waals surface area contributed by atoms with Gasteiger partial charge >= 0.3 is 0 Å². The molecule has 0 fully saturated rings. The number of hydrogen-bond acceptors (Lipinski definition) is 4. The molecule has 0 amide bonds. The molecule has 1 N–H and O–H groups in total. The van der Waals surface area contributed by atoms with Gasteiger partial charge in [0, 0.05) is 23.0 Å². The van der Waals surface area contributed by atoms with Gasteiger partial charge < -0.3 is 5.32 Å². The van der Waals surface area contributed by atoms with Gasteiger partial charge in [0.05, 0.1) is 5.69 Å². The van der Waals surface area contributed by atoms with Crippen molar-refractivity contribution in [1.29, 1.82) is 5.26 Å². The van der Waals surface area contributed by atoms with Crippen LogP contribution < -0.4 is 5.32 Å². The van der Waals surface area contributed by atoms with Crippen molar-refractivity contribution < 1.29 is 0 Å². The van der Waals surface area contributed by atoms with Crippen LogP contribution in [0.25, 0.3) is 0 Å². The molecule has 0 saturated carbocycles. The van der Waals surface area contributed by atoms with E-state index in [-0.39, 0.29) is 5.41 Å². The average molecular weight is 257 g/mol. The van der Waals surface area contributed by atoms with E-state index in [4.69, 9.17) is 5.26 Å². The van der Waals surface area contributed by atoms with Gasteiger partial charge in [-0.2, -0.15) is 5.26 Å². The second-order valence-corrected chi connectivity index (χ2v) is 5.67. The predicted molar refractivity (Wildman–Crippen MR) is 74.8 cm³/mol. The fourth-order valence-electron chi connectivity index (χ4n) is 1.70. The first-order valence-electron chi connectivity index (χ1n) is 5.76. The topological polar surface area (TPSA) is 48.7 Å². The molecular formula is C14H15N3S. The fourth-order valence-corrected chi connectivity index (χ4v) is 2.56. The molecule has 0 saturated heterocycles. The molecule has 0 aliphatic heterocycles. The summed E-state index contributed by atoms with van der Waals surface area (Å²) in [5, 5.41) is 14.4. The lowest BCUT2D eigenvalue weighted by Crippen LogP contribution is -2.26. The smallest absolute Gasteiger partial charge is 0.163 e. The summed E-state index contributed by atoms with van der Waals surface area (Å²) in [4.78, 5) is 5.37. The van der Waals surface area contributed by atoms with Crippen LogP contribution >= 0.6 is 11.3 Å². The van der Waals surface area contributed by atoms with E-state index in [1.54, 1.807) is 17.5 Å². The second-order valence-electron chi connectivity index (χ2n) is 4.73. The fraction of sp³-hybridized carbons (Fsp3) is 0.286. The Kier molecular flexibility index (Phi) is 3.63. The van der Waals surface area contributed by atoms with Crippen LogP contribution in [0, 0.1) is 11.3 Å². The Bertz CT molecular complexity index is 553. The largest absolute Gasteiger partial charge is 0.382 e. The van der Waals surface area contributed by atoms with Crippen LogP contribution in [0.3, 0.4) is 0 Å². The zero-order valence-electron chi connectivity index (χ0n) is 10.5. The first kappa shape index (κ1) is 12.6. The van der Waals surface area contributed by atoms with Crippen molar-refractivity contribution in [3.63, 3.8) is 0 Å². The Morgan fingerprint density at radius 3 is 2.89 bits per heavy atom. The number of nitrogens with one attached hydrogen (secondary N) is 1. The van der Waals surface area contributed by atoms with E-state index in [1.807, 2.05) is 12.1 Å². The molecule has 0 aliphatic rings. The van der Waals surface area contributed by atoms with Gasteiger partial charge in [-0.1, -0.05) is 19.9 Å². The summed E-state index contributed by atoms with van der Waals surface area (Å²) >= 11 is 1.75. The minimum atomic E-state index is 0.0384. The highest BCUT2D eigenvalue weighted by Crippen LogP contribution is 2.28. The van der Waals surface area contributed by atoms with Gasteiger partial charge in [0.25, 0.3) is 0 Å². The average Bonchev–Trinajstić information content (AvgIpc) is 2.91. The van der Waals surface area contributed by atoms with Gasteiger partial charge in [0.2, 0.25) is 0 Å². The van der Waals surface area contributed by atoms with E-state index < -0.39 is 0 Å². The SMILES string of the molecule is CC(C)(CNc1cccnc1C#N)c1cccs1. The number of anilines is 1. The van der Waals surface area contributed by atoms with Gasteiger partial charge in [-0.15, -0.1) is 11.3 Å². The minimum Gasteiger partial charge on any atom is -0.382 e. The molecule has 18 heavy (non-hydrogen) atoms. The number of thiophene rings is 1. The predicted octanol–water partition coefficient (Wildman–Crippen LogP) is 3.40. The third-order valence-electron chi connectivity index (χ3n) is 2.82. The van der Waals surface area contributed by atoms with Crippen LogP contribution in [-0.4, -0.2) is 11.5 Å². The van der Waals surface area contributed by atoms with E-state index in [9.17, 15) is 0 Å². The molecular weight excluding hydrogens is 242 g/mol. The van der Waals surface area contributed by atoms with E-state index in [2.05, 4.69) is 47.7 Å². The highest BCUT2D eigenvalue weighted by molar-refractivity contribution is 7.10. The Morgan fingerprint density at radius 2 is 2.22 bits per heavy atom. The molecule has 0 unspecified atom stereocenters. The molecule has 92 valence electrons. The highest BCUT2D eigenvalue weighted by atomic mass is 32.1. The first-order chi connectivity index (χ1) is 8.63. The monoisotopic (exact) mass is 257 g/mol. The molecule has 4 heteroatoms. The number of pyridine rings is 1. The molecule has 2 aromatic heterocycles. The van der Waals surface area contributed by atoms with Gasteiger partial charge in [0.15, 0.2) is 5.69 Å². The van der Waals surface area contributed by atoms with Crippen molar-refractivity contribution >= 4 is 17.0 Å². The van der Waals surface area contributed by atoms with E-state index >= 15 is 0 Å². The summed E-state index contributed by atoms with van der Waals surface area (Å²) in [5.74, 6) is 0. The third-order valence-corrected chi connectivity index (χ3v) is 4.06. The second kappa shape index (κ2) is 5.19. The van der Waals surface area contributed by atoms with E-state index in [0.717, 1.165) is 12.2 Å². The summed E-state index contributed by atoms with van der Waals surface area (Å²) in [5.41, 5.74) is 1.28. The number of nitriles is 1. The maximum Gasteiger partial charge on any atom is 0.163 e. The van der Waals surface area contributed by atoms with Crippen LogP contribution in [0.15, 0.2) is 35.8 Å². The van der Waals surface area contributed by atoms with Crippen molar-refractivity contribution in [1.82, 2.24) is 4.98 Å². The number of nitrogens with zero attached hydrogens (tertiary/aromatic N) is 2. The molecule has 0 aliphatic carbocycles. The Morgan fingerprint density at radius 1 is 1.39 bits per heavy atom. The summed E-state index contributed by atoms with van der Waals surface area (Å²) in [6.45, 7) is 5.15. The quantitative estimate of drug-likeness (QED) is 0.913. The third kappa shape index (κ3) is 2.69. The normalized spacial score (nSPS) is 10.9. The van der Waals surface area contributed by atoms with Crippen molar-refractivity contribution in [3.05, 3.63) is 46.4 Å². The molecule has 2 heterocycles. The molecule has 0 bridgehead atoms. The van der Waals surface area contributed by atoms with Crippen LogP contribution in [0.4, 0.5) is 5.69 Å². The highest BCUT2D eigenvalue weighted by Gasteiger charge is 2.21. The zero-order valence-corrected chi connectivity index (χ0v) is 11.3. The lowest BCUT2D eigenvalue weighted by Gasteiger charge is -2.24. The van der Waals surface area contributed by atoms with Crippen LogP contribution in [0.2, 0.25) is 0 Å². The van der Waals surface area contributed by atoms with Crippen LogP contribution in [0.5, 0.6) is 0 Å². The summed E-state index contributed by atoms with van der Waals surface area (Å²) < 4.78 is 0. The van der Waals surface area contributed by atoms with Crippen LogP contribution in [-0.2, 0) is 5.41 Å². The molecule has 2 rings (SSSR count). The zero-order chi connectivity index (χ0) is 13.0.